The maximum atomic E-state index is 12.5. The van der Waals surface area contributed by atoms with Crippen molar-refractivity contribution in [1.82, 2.24) is 4.72 Å². The minimum Gasteiger partial charge on any atom is -0.320 e. The van der Waals surface area contributed by atoms with Crippen molar-refractivity contribution in [3.05, 3.63) is 29.3 Å². The summed E-state index contributed by atoms with van der Waals surface area (Å²) in [6.07, 6.45) is 0.787. The van der Waals surface area contributed by atoms with E-state index in [2.05, 4.69) is 30.4 Å². The summed E-state index contributed by atoms with van der Waals surface area (Å²) in [6, 6.07) is 5.02. The SMILES string of the molecule is Cc1ccc(S(=O)(=O)NC(C)CC(C)C)c(C#CCN)c1. The molecule has 0 amide bonds. The fourth-order valence-electron chi connectivity index (χ4n) is 2.21. The van der Waals surface area contributed by atoms with Crippen LogP contribution in [0.25, 0.3) is 0 Å². The summed E-state index contributed by atoms with van der Waals surface area (Å²) in [7, 11) is -3.58. The highest BCUT2D eigenvalue weighted by molar-refractivity contribution is 7.89. The minimum atomic E-state index is -3.58. The Morgan fingerprint density at radius 2 is 1.95 bits per heavy atom. The molecule has 0 aliphatic rings. The summed E-state index contributed by atoms with van der Waals surface area (Å²) in [4.78, 5) is 0.213. The fraction of sp³-hybridized carbons (Fsp3) is 0.500. The van der Waals surface area contributed by atoms with Crippen LogP contribution in [0, 0.1) is 24.7 Å². The molecule has 0 aromatic heterocycles. The molecule has 0 fully saturated rings. The zero-order valence-corrected chi connectivity index (χ0v) is 13.9. The smallest absolute Gasteiger partial charge is 0.242 e. The van der Waals surface area contributed by atoms with Crippen LogP contribution in [0.2, 0.25) is 0 Å². The zero-order chi connectivity index (χ0) is 16.0. The van der Waals surface area contributed by atoms with Gasteiger partial charge in [0.05, 0.1) is 11.4 Å². The lowest BCUT2D eigenvalue weighted by Crippen LogP contribution is -2.34. The molecule has 0 spiro atoms. The van der Waals surface area contributed by atoms with Crippen molar-refractivity contribution in [1.29, 1.82) is 0 Å². The van der Waals surface area contributed by atoms with Crippen molar-refractivity contribution in [2.75, 3.05) is 6.54 Å². The predicted octanol–water partition coefficient (Wildman–Crippen LogP) is 2.02. The van der Waals surface area contributed by atoms with Crippen LogP contribution >= 0.6 is 0 Å². The third-order valence-corrected chi connectivity index (χ3v) is 4.58. The van der Waals surface area contributed by atoms with Crippen molar-refractivity contribution in [2.24, 2.45) is 11.7 Å². The first-order valence-corrected chi connectivity index (χ1v) is 8.56. The van der Waals surface area contributed by atoms with E-state index in [1.807, 2.05) is 13.8 Å². The molecular formula is C16H24N2O2S. The Hall–Kier alpha value is -1.35. The number of nitrogens with one attached hydrogen (secondary N) is 1. The molecule has 1 unspecified atom stereocenters. The molecule has 21 heavy (non-hydrogen) atoms. The molecule has 1 aromatic carbocycles. The van der Waals surface area contributed by atoms with E-state index in [-0.39, 0.29) is 17.5 Å². The van der Waals surface area contributed by atoms with E-state index in [0.717, 1.165) is 12.0 Å². The third-order valence-electron chi connectivity index (χ3n) is 2.93. The number of aryl methyl sites for hydroxylation is 1. The van der Waals surface area contributed by atoms with Crippen molar-refractivity contribution in [3.63, 3.8) is 0 Å². The maximum absolute atomic E-state index is 12.5. The third kappa shape index (κ3) is 5.50. The van der Waals surface area contributed by atoms with Crippen LogP contribution < -0.4 is 10.5 Å². The Morgan fingerprint density at radius 1 is 1.29 bits per heavy atom. The van der Waals surface area contributed by atoms with Gasteiger partial charge in [0, 0.05) is 11.6 Å². The quantitative estimate of drug-likeness (QED) is 0.817. The lowest BCUT2D eigenvalue weighted by molar-refractivity contribution is 0.482. The van der Waals surface area contributed by atoms with Gasteiger partial charge in [-0.15, -0.1) is 0 Å². The lowest BCUT2D eigenvalue weighted by Gasteiger charge is -2.17. The highest BCUT2D eigenvalue weighted by Gasteiger charge is 2.20. The summed E-state index contributed by atoms with van der Waals surface area (Å²) in [6.45, 7) is 8.10. The van der Waals surface area contributed by atoms with Crippen LogP contribution in [-0.2, 0) is 10.0 Å². The van der Waals surface area contributed by atoms with Gasteiger partial charge in [0.2, 0.25) is 10.0 Å². The van der Waals surface area contributed by atoms with Gasteiger partial charge in [-0.25, -0.2) is 13.1 Å². The summed E-state index contributed by atoms with van der Waals surface area (Å²) in [5.74, 6) is 5.98. The van der Waals surface area contributed by atoms with Crippen LogP contribution in [0.15, 0.2) is 23.1 Å². The van der Waals surface area contributed by atoms with E-state index >= 15 is 0 Å². The molecular weight excluding hydrogens is 284 g/mol. The second-order valence-corrected chi connectivity index (χ2v) is 7.34. The van der Waals surface area contributed by atoms with Crippen LogP contribution in [0.4, 0.5) is 0 Å². The molecule has 116 valence electrons. The van der Waals surface area contributed by atoms with Gasteiger partial charge in [-0.1, -0.05) is 31.8 Å². The van der Waals surface area contributed by atoms with Crippen LogP contribution in [-0.4, -0.2) is 21.0 Å². The van der Waals surface area contributed by atoms with E-state index in [9.17, 15) is 8.42 Å². The minimum absolute atomic E-state index is 0.119. The summed E-state index contributed by atoms with van der Waals surface area (Å²) in [5.41, 5.74) is 6.82. The normalized spacial score (nSPS) is 12.9. The van der Waals surface area contributed by atoms with E-state index in [1.165, 1.54) is 0 Å². The molecule has 0 aliphatic carbocycles. The van der Waals surface area contributed by atoms with E-state index in [4.69, 9.17) is 5.73 Å². The number of benzene rings is 1. The Labute approximate surface area is 128 Å². The van der Waals surface area contributed by atoms with Crippen LogP contribution in [0.1, 0.15) is 38.3 Å². The Bertz CT molecular complexity index is 640. The number of hydrogen-bond donors (Lipinski definition) is 2. The molecule has 0 aliphatic heterocycles. The number of hydrogen-bond acceptors (Lipinski definition) is 3. The van der Waals surface area contributed by atoms with Gasteiger partial charge in [0.15, 0.2) is 0 Å². The van der Waals surface area contributed by atoms with E-state index in [1.54, 1.807) is 18.2 Å². The maximum Gasteiger partial charge on any atom is 0.242 e. The zero-order valence-electron chi connectivity index (χ0n) is 13.1. The van der Waals surface area contributed by atoms with Crippen molar-refractivity contribution in [2.45, 2.75) is 45.1 Å². The number of sulfonamides is 1. The Morgan fingerprint density at radius 3 is 2.52 bits per heavy atom. The molecule has 4 nitrogen and oxygen atoms in total. The first kappa shape index (κ1) is 17.7. The van der Waals surface area contributed by atoms with Crippen molar-refractivity contribution < 1.29 is 8.42 Å². The van der Waals surface area contributed by atoms with Crippen LogP contribution in [0.5, 0.6) is 0 Å². The second kappa shape index (κ2) is 7.60. The standard InChI is InChI=1S/C16H24N2O2S/c1-12(2)10-14(4)18-21(19,20)16-8-7-13(3)11-15(16)6-5-9-17/h7-8,11-12,14,18H,9-10,17H2,1-4H3. The average Bonchev–Trinajstić information content (AvgIpc) is 2.34. The Kier molecular flexibility index (Phi) is 6.41. The van der Waals surface area contributed by atoms with E-state index in [0.29, 0.717) is 11.5 Å². The molecule has 1 rings (SSSR count). The number of rotatable bonds is 5. The average molecular weight is 308 g/mol. The molecule has 1 aromatic rings. The first-order valence-electron chi connectivity index (χ1n) is 7.08. The lowest BCUT2D eigenvalue weighted by atomic mass is 10.1. The Balaban J connectivity index is 3.13. The predicted molar refractivity (Wildman–Crippen MR) is 86.3 cm³/mol. The largest absolute Gasteiger partial charge is 0.320 e. The van der Waals surface area contributed by atoms with Gasteiger partial charge in [-0.2, -0.15) is 0 Å². The molecule has 0 saturated carbocycles. The highest BCUT2D eigenvalue weighted by Crippen LogP contribution is 2.18. The monoisotopic (exact) mass is 308 g/mol. The molecule has 0 heterocycles. The summed E-state index contributed by atoms with van der Waals surface area (Å²) >= 11 is 0. The molecule has 1 atom stereocenters. The van der Waals surface area contributed by atoms with Gasteiger partial charge < -0.3 is 5.73 Å². The van der Waals surface area contributed by atoms with Gasteiger partial charge in [0.25, 0.3) is 0 Å². The van der Waals surface area contributed by atoms with Gasteiger partial charge in [0.1, 0.15) is 0 Å². The summed E-state index contributed by atoms with van der Waals surface area (Å²) in [5, 5.41) is 0. The van der Waals surface area contributed by atoms with Gasteiger partial charge in [-0.3, -0.25) is 0 Å². The fourth-order valence-corrected chi connectivity index (χ4v) is 3.61. The highest BCUT2D eigenvalue weighted by atomic mass is 32.2. The molecule has 0 radical (unpaired) electrons. The van der Waals surface area contributed by atoms with Gasteiger partial charge in [-0.05, 0) is 43.9 Å². The second-order valence-electron chi connectivity index (χ2n) is 5.66. The molecule has 0 bridgehead atoms. The van der Waals surface area contributed by atoms with Crippen molar-refractivity contribution in [3.8, 4) is 11.8 Å². The summed E-state index contributed by atoms with van der Waals surface area (Å²) < 4.78 is 27.7. The van der Waals surface area contributed by atoms with Crippen LogP contribution in [0.3, 0.4) is 0 Å². The molecule has 3 N–H and O–H groups in total. The number of nitrogens with two attached hydrogens (primary N) is 1. The molecule has 5 heteroatoms. The van der Waals surface area contributed by atoms with E-state index < -0.39 is 10.0 Å². The topological polar surface area (TPSA) is 72.2 Å². The van der Waals surface area contributed by atoms with Crippen molar-refractivity contribution >= 4 is 10.0 Å². The van der Waals surface area contributed by atoms with Gasteiger partial charge >= 0.3 is 0 Å². The molecule has 0 saturated heterocycles. The first-order chi connectivity index (χ1) is 9.76.